The molecule has 140 valence electrons. The van der Waals surface area contributed by atoms with E-state index in [-0.39, 0.29) is 17.1 Å². The lowest BCUT2D eigenvalue weighted by atomic mass is 9.95. The summed E-state index contributed by atoms with van der Waals surface area (Å²) in [5, 5.41) is 20.4. The number of carbonyl (C=O) groups excluding carboxylic acids is 2. The smallest absolute Gasteiger partial charge is 0.295 e. The van der Waals surface area contributed by atoms with E-state index in [2.05, 4.69) is 0 Å². The number of carbonyl (C=O) groups is 2. The molecule has 0 radical (unpaired) electrons. The van der Waals surface area contributed by atoms with Crippen LogP contribution in [0, 0.1) is 0 Å². The summed E-state index contributed by atoms with van der Waals surface area (Å²) >= 11 is 0. The second-order valence-corrected chi connectivity index (χ2v) is 6.91. The Morgan fingerprint density at radius 3 is 2.26 bits per heavy atom. The molecule has 1 saturated heterocycles. The highest BCUT2D eigenvalue weighted by Crippen LogP contribution is 2.39. The Kier molecular flexibility index (Phi) is 5.28. The summed E-state index contributed by atoms with van der Waals surface area (Å²) in [6.07, 6.45) is 0. The van der Waals surface area contributed by atoms with Gasteiger partial charge in [-0.2, -0.15) is 0 Å². The molecule has 1 aliphatic rings. The van der Waals surface area contributed by atoms with Crippen molar-refractivity contribution in [2.24, 2.45) is 0 Å². The zero-order chi connectivity index (χ0) is 19.6. The van der Waals surface area contributed by atoms with Gasteiger partial charge in [0.15, 0.2) is 0 Å². The van der Waals surface area contributed by atoms with Crippen molar-refractivity contribution in [2.45, 2.75) is 6.04 Å². The number of rotatable bonds is 5. The predicted molar refractivity (Wildman–Crippen MR) is 101 cm³/mol. The van der Waals surface area contributed by atoms with Gasteiger partial charge in [0, 0.05) is 5.56 Å². The molecular formula is C21H23N2O4+. The molecule has 0 unspecified atom stereocenters. The number of ketones is 1. The van der Waals surface area contributed by atoms with Crippen LogP contribution < -0.4 is 4.90 Å². The monoisotopic (exact) mass is 367 g/mol. The molecule has 0 aliphatic carbocycles. The first kappa shape index (κ1) is 18.7. The van der Waals surface area contributed by atoms with Crippen molar-refractivity contribution in [1.29, 1.82) is 0 Å². The number of likely N-dealkylation sites (N-methyl/N-ethyl adjacent to an activating group) is 1. The van der Waals surface area contributed by atoms with Gasteiger partial charge in [0.1, 0.15) is 11.5 Å². The highest BCUT2D eigenvalue weighted by atomic mass is 16.3. The van der Waals surface area contributed by atoms with Crippen LogP contribution >= 0.6 is 0 Å². The average Bonchev–Trinajstić information content (AvgIpc) is 2.91. The number of aliphatic hydroxyl groups excluding tert-OH is 1. The van der Waals surface area contributed by atoms with Gasteiger partial charge in [-0.3, -0.25) is 9.59 Å². The molecule has 27 heavy (non-hydrogen) atoms. The summed E-state index contributed by atoms with van der Waals surface area (Å²) in [5.74, 6) is -1.40. The van der Waals surface area contributed by atoms with Crippen molar-refractivity contribution < 1.29 is 24.7 Å². The van der Waals surface area contributed by atoms with Crippen LogP contribution in [0.1, 0.15) is 17.2 Å². The molecule has 2 aromatic rings. The third-order valence-corrected chi connectivity index (χ3v) is 4.65. The minimum atomic E-state index is -0.691. The van der Waals surface area contributed by atoms with Gasteiger partial charge >= 0.3 is 0 Å². The summed E-state index contributed by atoms with van der Waals surface area (Å²) in [6.45, 7) is 1.04. The molecule has 1 heterocycles. The number of phenolic OH excluding ortho intramolecular Hbond substituents is 1. The van der Waals surface area contributed by atoms with E-state index in [4.69, 9.17) is 0 Å². The number of hydrogen-bond donors (Lipinski definition) is 3. The molecule has 1 fully saturated rings. The zero-order valence-corrected chi connectivity index (χ0v) is 15.3. The van der Waals surface area contributed by atoms with Gasteiger partial charge in [-0.1, -0.05) is 42.5 Å². The Hall–Kier alpha value is -3.12. The van der Waals surface area contributed by atoms with Gasteiger partial charge < -0.3 is 20.0 Å². The van der Waals surface area contributed by atoms with Crippen molar-refractivity contribution in [3.05, 3.63) is 71.3 Å². The maximum atomic E-state index is 12.8. The molecule has 0 saturated carbocycles. The SMILES string of the molecule is C[NH+](C)CCN1C(=O)C(=O)C(=C(O)c2ccccc2)[C@H]1c1ccc(O)cc1. The number of phenols is 1. The Morgan fingerprint density at radius 1 is 1.04 bits per heavy atom. The molecule has 3 rings (SSSR count). The molecule has 1 atom stereocenters. The molecule has 3 N–H and O–H groups in total. The number of aromatic hydroxyl groups is 1. The number of hydrogen-bond acceptors (Lipinski definition) is 4. The van der Waals surface area contributed by atoms with Gasteiger partial charge in [0.25, 0.3) is 11.7 Å². The third-order valence-electron chi connectivity index (χ3n) is 4.65. The van der Waals surface area contributed by atoms with E-state index in [1.165, 1.54) is 17.0 Å². The first-order valence-electron chi connectivity index (χ1n) is 8.82. The van der Waals surface area contributed by atoms with Gasteiger partial charge in [0.2, 0.25) is 0 Å². The van der Waals surface area contributed by atoms with E-state index in [9.17, 15) is 19.8 Å². The first-order valence-corrected chi connectivity index (χ1v) is 8.82. The third kappa shape index (κ3) is 3.71. The minimum absolute atomic E-state index is 0.0747. The van der Waals surface area contributed by atoms with Crippen LogP contribution in [0.15, 0.2) is 60.2 Å². The normalized spacial score (nSPS) is 19.1. The number of quaternary nitrogens is 1. The number of nitrogens with zero attached hydrogens (tertiary/aromatic N) is 1. The highest BCUT2D eigenvalue weighted by molar-refractivity contribution is 6.46. The largest absolute Gasteiger partial charge is 0.508 e. The van der Waals surface area contributed by atoms with Crippen LogP contribution in [0.5, 0.6) is 5.75 Å². The average molecular weight is 367 g/mol. The Labute approximate surface area is 158 Å². The van der Waals surface area contributed by atoms with E-state index in [1.807, 2.05) is 20.2 Å². The Balaban J connectivity index is 2.13. The molecule has 0 aromatic heterocycles. The van der Waals surface area contributed by atoms with Gasteiger partial charge in [-0.15, -0.1) is 0 Å². The number of likely N-dealkylation sites (tertiary alicyclic amines) is 1. The molecule has 0 spiro atoms. The van der Waals surface area contributed by atoms with Crippen molar-refractivity contribution in [1.82, 2.24) is 4.90 Å². The summed E-state index contributed by atoms with van der Waals surface area (Å²) in [5.41, 5.74) is 1.22. The molecule has 6 nitrogen and oxygen atoms in total. The lowest BCUT2D eigenvalue weighted by Gasteiger charge is -2.25. The van der Waals surface area contributed by atoms with Crippen molar-refractivity contribution >= 4 is 17.4 Å². The summed E-state index contributed by atoms with van der Waals surface area (Å²) < 4.78 is 0. The van der Waals surface area contributed by atoms with Crippen LogP contribution in [0.3, 0.4) is 0 Å². The lowest BCUT2D eigenvalue weighted by molar-refractivity contribution is -0.857. The molecule has 6 heteroatoms. The number of nitrogens with one attached hydrogen (secondary N) is 1. The zero-order valence-electron chi connectivity index (χ0n) is 15.3. The highest BCUT2D eigenvalue weighted by Gasteiger charge is 2.46. The molecule has 0 bridgehead atoms. The van der Waals surface area contributed by atoms with Gasteiger partial charge in [-0.05, 0) is 17.7 Å². The maximum Gasteiger partial charge on any atom is 0.295 e. The van der Waals surface area contributed by atoms with Crippen LogP contribution in [0.2, 0.25) is 0 Å². The van der Waals surface area contributed by atoms with Crippen LogP contribution in [-0.4, -0.2) is 54.0 Å². The topological polar surface area (TPSA) is 82.3 Å². The fourth-order valence-corrected chi connectivity index (χ4v) is 3.21. The number of aliphatic hydroxyl groups is 1. The van der Waals surface area contributed by atoms with E-state index >= 15 is 0 Å². The summed E-state index contributed by atoms with van der Waals surface area (Å²) in [4.78, 5) is 28.1. The quantitative estimate of drug-likeness (QED) is 0.418. The number of amides is 1. The molecule has 1 amide bonds. The van der Waals surface area contributed by atoms with E-state index in [0.29, 0.717) is 24.2 Å². The van der Waals surface area contributed by atoms with Crippen LogP contribution in [0.25, 0.3) is 5.76 Å². The van der Waals surface area contributed by atoms with E-state index in [1.54, 1.807) is 36.4 Å². The fourth-order valence-electron chi connectivity index (χ4n) is 3.21. The fraction of sp³-hybridized carbons (Fsp3) is 0.238. The number of benzene rings is 2. The van der Waals surface area contributed by atoms with Crippen LogP contribution in [0.4, 0.5) is 0 Å². The van der Waals surface area contributed by atoms with Crippen molar-refractivity contribution in [3.63, 3.8) is 0 Å². The lowest BCUT2D eigenvalue weighted by Crippen LogP contribution is -3.06. The Morgan fingerprint density at radius 2 is 1.67 bits per heavy atom. The molecule has 2 aromatic carbocycles. The number of Topliss-reactive ketones (excluding diaryl/α,β-unsaturated/α-hetero) is 1. The standard InChI is InChI=1S/C21H22N2O4/c1-22(2)12-13-23-18(14-8-10-16(24)11-9-14)17(20(26)21(23)27)19(25)15-6-4-3-5-7-15/h3-11,18,24-25H,12-13H2,1-2H3/p+1/t18-/m1/s1. The minimum Gasteiger partial charge on any atom is -0.508 e. The maximum absolute atomic E-state index is 12.8. The summed E-state index contributed by atoms with van der Waals surface area (Å²) in [7, 11) is 3.94. The summed E-state index contributed by atoms with van der Waals surface area (Å²) in [6, 6.07) is 14.4. The molecular weight excluding hydrogens is 344 g/mol. The van der Waals surface area contributed by atoms with E-state index in [0.717, 1.165) is 4.90 Å². The van der Waals surface area contributed by atoms with E-state index < -0.39 is 17.7 Å². The van der Waals surface area contributed by atoms with Gasteiger partial charge in [0.05, 0.1) is 38.8 Å². The second kappa shape index (κ2) is 7.63. The predicted octanol–water partition coefficient (Wildman–Crippen LogP) is 0.958. The second-order valence-electron chi connectivity index (χ2n) is 6.91. The van der Waals surface area contributed by atoms with Crippen molar-refractivity contribution in [2.75, 3.05) is 27.2 Å². The van der Waals surface area contributed by atoms with Crippen molar-refractivity contribution in [3.8, 4) is 5.75 Å². The van der Waals surface area contributed by atoms with Gasteiger partial charge in [-0.25, -0.2) is 0 Å². The molecule has 1 aliphatic heterocycles. The first-order chi connectivity index (χ1) is 12.9. The van der Waals surface area contributed by atoms with Crippen LogP contribution in [-0.2, 0) is 9.59 Å². The Bertz CT molecular complexity index is 873.